The van der Waals surface area contributed by atoms with Gasteiger partial charge in [-0.2, -0.15) is 0 Å². The van der Waals surface area contributed by atoms with E-state index in [1.807, 2.05) is 4.90 Å². The number of nitrogens with one attached hydrogen (secondary N) is 1. The van der Waals surface area contributed by atoms with Gasteiger partial charge in [-0.15, -0.1) is 0 Å². The van der Waals surface area contributed by atoms with Crippen molar-refractivity contribution in [3.63, 3.8) is 0 Å². The van der Waals surface area contributed by atoms with E-state index in [2.05, 4.69) is 10.2 Å². The first-order valence-electron chi connectivity index (χ1n) is 8.66. The second-order valence-corrected chi connectivity index (χ2v) is 7.02. The maximum absolute atomic E-state index is 12.3. The highest BCUT2D eigenvalue weighted by Crippen LogP contribution is 2.26. The molecule has 0 radical (unpaired) electrons. The topological polar surface area (TPSA) is 55.8 Å². The molecule has 0 aromatic heterocycles. The minimum Gasteiger partial charge on any atom is -0.394 e. The molecule has 1 saturated carbocycles. The Morgan fingerprint density at radius 3 is 2.67 bits per heavy atom. The number of aliphatic hydroxyl groups is 1. The van der Waals surface area contributed by atoms with Gasteiger partial charge in [-0.1, -0.05) is 12.8 Å². The van der Waals surface area contributed by atoms with Gasteiger partial charge in [0.15, 0.2) is 0 Å². The Kier molecular flexibility index (Phi) is 5.01. The van der Waals surface area contributed by atoms with Crippen molar-refractivity contribution in [3.8, 4) is 0 Å². The molecule has 2 aliphatic heterocycles. The molecule has 0 aromatic carbocycles. The number of carbonyl (C=O) groups excluding carboxylic acids is 1. The molecule has 3 rings (SSSR count). The van der Waals surface area contributed by atoms with Crippen molar-refractivity contribution in [2.75, 3.05) is 32.8 Å². The Hall–Kier alpha value is -0.810. The molecule has 5 nitrogen and oxygen atoms in total. The Bertz CT molecular complexity index is 357. The minimum atomic E-state index is 0.0271. The van der Waals surface area contributed by atoms with E-state index in [0.717, 1.165) is 44.8 Å². The van der Waals surface area contributed by atoms with Gasteiger partial charge in [0.25, 0.3) is 0 Å². The average molecular weight is 295 g/mol. The highest BCUT2D eigenvalue weighted by atomic mass is 16.3. The van der Waals surface area contributed by atoms with Crippen molar-refractivity contribution < 1.29 is 9.90 Å². The standard InChI is InChI=1S/C16H29N3O2/c20-12-15-6-3-8-19(15)16(21)17-14-7-9-18(11-14)10-13-4-1-2-5-13/h13-15,20H,1-12H2,(H,17,21)/t14?,15-/m0/s1. The average Bonchev–Trinajstić information content (AvgIpc) is 3.20. The van der Waals surface area contributed by atoms with Crippen LogP contribution in [0.1, 0.15) is 44.9 Å². The molecular formula is C16H29N3O2. The number of hydrogen-bond acceptors (Lipinski definition) is 3. The van der Waals surface area contributed by atoms with Gasteiger partial charge < -0.3 is 20.2 Å². The molecule has 2 heterocycles. The molecule has 1 aliphatic carbocycles. The van der Waals surface area contributed by atoms with Gasteiger partial charge in [0.2, 0.25) is 0 Å². The van der Waals surface area contributed by atoms with E-state index in [-0.39, 0.29) is 18.7 Å². The third-order valence-corrected chi connectivity index (χ3v) is 5.44. The summed E-state index contributed by atoms with van der Waals surface area (Å²) in [4.78, 5) is 16.6. The number of nitrogens with zero attached hydrogens (tertiary/aromatic N) is 2. The summed E-state index contributed by atoms with van der Waals surface area (Å²) in [6, 6.07) is 0.346. The Morgan fingerprint density at radius 1 is 1.10 bits per heavy atom. The Labute approximate surface area is 127 Å². The minimum absolute atomic E-state index is 0.0271. The summed E-state index contributed by atoms with van der Waals surface area (Å²) >= 11 is 0. The van der Waals surface area contributed by atoms with Crippen molar-refractivity contribution in [1.29, 1.82) is 0 Å². The van der Waals surface area contributed by atoms with Crippen molar-refractivity contribution in [1.82, 2.24) is 15.1 Å². The summed E-state index contributed by atoms with van der Waals surface area (Å²) in [5.74, 6) is 0.886. The highest BCUT2D eigenvalue weighted by Gasteiger charge is 2.31. The van der Waals surface area contributed by atoms with Crippen LogP contribution < -0.4 is 5.32 Å². The number of hydrogen-bond donors (Lipinski definition) is 2. The maximum Gasteiger partial charge on any atom is 0.317 e. The largest absolute Gasteiger partial charge is 0.394 e. The smallest absolute Gasteiger partial charge is 0.317 e. The molecule has 0 bridgehead atoms. The first-order chi connectivity index (χ1) is 10.3. The van der Waals surface area contributed by atoms with E-state index < -0.39 is 0 Å². The van der Waals surface area contributed by atoms with Gasteiger partial charge in [0.1, 0.15) is 0 Å². The lowest BCUT2D eigenvalue weighted by Crippen LogP contribution is -2.48. The molecule has 1 unspecified atom stereocenters. The van der Waals surface area contributed by atoms with Gasteiger partial charge in [0.05, 0.1) is 12.6 Å². The summed E-state index contributed by atoms with van der Waals surface area (Å²) in [5, 5.41) is 12.5. The zero-order valence-electron chi connectivity index (χ0n) is 13.0. The normalized spacial score (nSPS) is 31.2. The number of carbonyl (C=O) groups is 1. The number of aliphatic hydroxyl groups excluding tert-OH is 1. The molecule has 2 atom stereocenters. The van der Waals surface area contributed by atoms with E-state index in [9.17, 15) is 9.90 Å². The van der Waals surface area contributed by atoms with Crippen molar-refractivity contribution in [2.45, 2.75) is 57.0 Å². The molecule has 3 aliphatic rings. The molecule has 2 saturated heterocycles. The van der Waals surface area contributed by atoms with Crippen molar-refractivity contribution in [3.05, 3.63) is 0 Å². The molecule has 120 valence electrons. The summed E-state index contributed by atoms with van der Waals surface area (Å²) < 4.78 is 0. The zero-order chi connectivity index (χ0) is 14.7. The third kappa shape index (κ3) is 3.69. The molecule has 5 heteroatoms. The molecule has 3 fully saturated rings. The van der Waals surface area contributed by atoms with E-state index in [0.29, 0.717) is 6.04 Å². The van der Waals surface area contributed by atoms with E-state index in [1.54, 1.807) is 0 Å². The van der Waals surface area contributed by atoms with Gasteiger partial charge in [0, 0.05) is 32.2 Å². The number of rotatable bonds is 4. The van der Waals surface area contributed by atoms with E-state index in [4.69, 9.17) is 0 Å². The van der Waals surface area contributed by atoms with Crippen molar-refractivity contribution >= 4 is 6.03 Å². The second kappa shape index (κ2) is 6.97. The lowest BCUT2D eigenvalue weighted by molar-refractivity contribution is 0.154. The van der Waals surface area contributed by atoms with Crippen LogP contribution in [0.5, 0.6) is 0 Å². The number of urea groups is 1. The molecule has 21 heavy (non-hydrogen) atoms. The van der Waals surface area contributed by atoms with Crippen molar-refractivity contribution in [2.24, 2.45) is 5.92 Å². The van der Waals surface area contributed by atoms with Crippen LogP contribution in [0, 0.1) is 5.92 Å². The Morgan fingerprint density at radius 2 is 1.90 bits per heavy atom. The lowest BCUT2D eigenvalue weighted by Gasteiger charge is -2.26. The Balaban J connectivity index is 1.42. The zero-order valence-corrected chi connectivity index (χ0v) is 13.0. The fourth-order valence-corrected chi connectivity index (χ4v) is 4.22. The monoisotopic (exact) mass is 295 g/mol. The van der Waals surface area contributed by atoms with Crippen LogP contribution in [0.25, 0.3) is 0 Å². The first-order valence-corrected chi connectivity index (χ1v) is 8.66. The highest BCUT2D eigenvalue weighted by molar-refractivity contribution is 5.75. The van der Waals surface area contributed by atoms with E-state index in [1.165, 1.54) is 32.2 Å². The van der Waals surface area contributed by atoms with Gasteiger partial charge >= 0.3 is 6.03 Å². The summed E-state index contributed by atoms with van der Waals surface area (Å²) in [6.07, 6.45) is 8.58. The summed E-state index contributed by atoms with van der Waals surface area (Å²) in [7, 11) is 0. The fraction of sp³-hybridized carbons (Fsp3) is 0.938. The van der Waals surface area contributed by atoms with Crippen LogP contribution >= 0.6 is 0 Å². The predicted octanol–water partition coefficient (Wildman–Crippen LogP) is 1.42. The van der Waals surface area contributed by atoms with E-state index >= 15 is 0 Å². The molecular weight excluding hydrogens is 266 g/mol. The number of amides is 2. The maximum atomic E-state index is 12.3. The fourth-order valence-electron chi connectivity index (χ4n) is 4.22. The van der Waals surface area contributed by atoms with Crippen LogP contribution in [0.15, 0.2) is 0 Å². The lowest BCUT2D eigenvalue weighted by atomic mass is 10.1. The summed E-state index contributed by atoms with van der Waals surface area (Å²) in [6.45, 7) is 4.21. The predicted molar refractivity (Wildman–Crippen MR) is 82.1 cm³/mol. The van der Waals surface area contributed by atoms with Gasteiger partial charge in [-0.3, -0.25) is 0 Å². The third-order valence-electron chi connectivity index (χ3n) is 5.44. The van der Waals surface area contributed by atoms with Crippen LogP contribution in [0.2, 0.25) is 0 Å². The summed E-state index contributed by atoms with van der Waals surface area (Å²) in [5.41, 5.74) is 0. The van der Waals surface area contributed by atoms with Crippen LogP contribution in [-0.4, -0.2) is 65.8 Å². The second-order valence-electron chi connectivity index (χ2n) is 7.02. The number of likely N-dealkylation sites (tertiary alicyclic amines) is 2. The molecule has 2 N–H and O–H groups in total. The molecule has 2 amide bonds. The SMILES string of the molecule is O=C(NC1CCN(CC2CCCC2)C1)N1CCC[C@H]1CO. The van der Waals surface area contributed by atoms with Crippen LogP contribution in [0.3, 0.4) is 0 Å². The van der Waals surface area contributed by atoms with Crippen LogP contribution in [-0.2, 0) is 0 Å². The van der Waals surface area contributed by atoms with Gasteiger partial charge in [-0.05, 0) is 38.0 Å². The molecule has 0 aromatic rings. The molecule has 0 spiro atoms. The first kappa shape index (κ1) is 15.1. The van der Waals surface area contributed by atoms with Gasteiger partial charge in [-0.25, -0.2) is 4.79 Å². The van der Waals surface area contributed by atoms with Crippen LogP contribution in [0.4, 0.5) is 4.79 Å². The quantitative estimate of drug-likeness (QED) is 0.825.